The number of benzene rings is 3. The molecule has 0 aromatic heterocycles. The topological polar surface area (TPSA) is 44.7 Å². The summed E-state index contributed by atoms with van der Waals surface area (Å²) in [6, 6.07) is 22.9. The summed E-state index contributed by atoms with van der Waals surface area (Å²) in [5, 5.41) is 4.78. The van der Waals surface area contributed by atoms with E-state index >= 15 is 0 Å². The van der Waals surface area contributed by atoms with E-state index in [1.165, 1.54) is 0 Å². The van der Waals surface area contributed by atoms with Crippen LogP contribution in [-0.4, -0.2) is 26.2 Å². The van der Waals surface area contributed by atoms with E-state index in [1.54, 1.807) is 18.3 Å². The van der Waals surface area contributed by atoms with Gasteiger partial charge in [-0.15, -0.1) is 0 Å². The molecule has 4 nitrogen and oxygen atoms in total. The summed E-state index contributed by atoms with van der Waals surface area (Å²) in [6.45, 7) is 0. The number of hydrazone groups is 1. The summed E-state index contributed by atoms with van der Waals surface area (Å²) < 4.78 is 0. The zero-order valence-electron chi connectivity index (χ0n) is 16.3. The first-order valence-corrected chi connectivity index (χ1v) is 9.53. The van der Waals surface area contributed by atoms with Crippen molar-refractivity contribution in [3.63, 3.8) is 0 Å². The van der Waals surface area contributed by atoms with Gasteiger partial charge in [0.25, 0.3) is 5.91 Å². The molecule has 0 radical (unpaired) electrons. The molecular weight excluding hydrogens is 382 g/mol. The van der Waals surface area contributed by atoms with Crippen molar-refractivity contribution in [2.24, 2.45) is 5.10 Å². The van der Waals surface area contributed by atoms with Crippen LogP contribution in [0.2, 0.25) is 5.02 Å². The van der Waals surface area contributed by atoms with Crippen LogP contribution in [0.5, 0.6) is 0 Å². The van der Waals surface area contributed by atoms with Crippen LogP contribution in [0.4, 0.5) is 5.69 Å². The van der Waals surface area contributed by atoms with Crippen LogP contribution in [0.15, 0.2) is 77.9 Å². The Labute approximate surface area is 176 Å². The number of hydrogen-bond donors (Lipinski definition) is 1. The van der Waals surface area contributed by atoms with Crippen molar-refractivity contribution in [2.75, 3.05) is 19.0 Å². The molecule has 0 spiro atoms. The predicted octanol–water partition coefficient (Wildman–Crippen LogP) is 5.34. The Morgan fingerprint density at radius 2 is 1.52 bits per heavy atom. The van der Waals surface area contributed by atoms with E-state index in [-0.39, 0.29) is 5.91 Å². The molecule has 29 heavy (non-hydrogen) atoms. The third-order valence-corrected chi connectivity index (χ3v) is 4.49. The molecule has 0 bridgehead atoms. The van der Waals surface area contributed by atoms with E-state index in [1.807, 2.05) is 91.8 Å². The standard InChI is InChI=1S/C24H22ClN3O/c1-28(2)23-13-11-21(12-14-23)24(29)27-26-17-20-7-3-5-18(15-20)9-10-19-6-4-8-22(25)16-19/h3-17H,1-2H3,(H,27,29). The SMILES string of the molecule is CN(C)c1ccc(C(=O)NN=Cc2cccc(C=Cc3cccc(Cl)c3)c2)cc1. The second-order valence-electron chi connectivity index (χ2n) is 6.70. The van der Waals surface area contributed by atoms with E-state index in [0.717, 1.165) is 22.4 Å². The van der Waals surface area contributed by atoms with Crippen LogP contribution >= 0.6 is 11.6 Å². The van der Waals surface area contributed by atoms with Gasteiger partial charge in [0.15, 0.2) is 0 Å². The predicted molar refractivity (Wildman–Crippen MR) is 123 cm³/mol. The first-order chi connectivity index (χ1) is 14.0. The summed E-state index contributed by atoms with van der Waals surface area (Å²) >= 11 is 6.01. The number of carbonyl (C=O) groups is 1. The maximum Gasteiger partial charge on any atom is 0.271 e. The van der Waals surface area contributed by atoms with Crippen LogP contribution in [0.25, 0.3) is 12.2 Å². The average Bonchev–Trinajstić information content (AvgIpc) is 2.72. The maximum absolute atomic E-state index is 12.2. The summed E-state index contributed by atoms with van der Waals surface area (Å²) in [4.78, 5) is 14.2. The van der Waals surface area contributed by atoms with E-state index in [4.69, 9.17) is 11.6 Å². The lowest BCUT2D eigenvalue weighted by atomic mass is 10.1. The number of amides is 1. The molecule has 0 heterocycles. The molecule has 0 saturated carbocycles. The Morgan fingerprint density at radius 1 is 0.897 bits per heavy atom. The van der Waals surface area contributed by atoms with Gasteiger partial charge in [0.1, 0.15) is 0 Å². The van der Waals surface area contributed by atoms with Crippen LogP contribution in [-0.2, 0) is 0 Å². The zero-order chi connectivity index (χ0) is 20.6. The summed E-state index contributed by atoms with van der Waals surface area (Å²) in [5.74, 6) is -0.247. The number of rotatable bonds is 6. The van der Waals surface area contributed by atoms with Gasteiger partial charge in [-0.05, 0) is 59.2 Å². The molecule has 0 saturated heterocycles. The molecule has 0 unspecified atom stereocenters. The highest BCUT2D eigenvalue weighted by Crippen LogP contribution is 2.14. The fraction of sp³-hybridized carbons (Fsp3) is 0.0833. The van der Waals surface area contributed by atoms with Gasteiger partial charge in [-0.2, -0.15) is 5.10 Å². The molecule has 3 aromatic carbocycles. The highest BCUT2D eigenvalue weighted by atomic mass is 35.5. The summed E-state index contributed by atoms with van der Waals surface area (Å²) in [7, 11) is 3.91. The van der Waals surface area contributed by atoms with Crippen molar-refractivity contribution < 1.29 is 4.79 Å². The lowest BCUT2D eigenvalue weighted by molar-refractivity contribution is 0.0955. The van der Waals surface area contributed by atoms with Crippen molar-refractivity contribution in [3.8, 4) is 0 Å². The molecule has 0 aliphatic carbocycles. The lowest BCUT2D eigenvalue weighted by Gasteiger charge is -2.12. The van der Waals surface area contributed by atoms with Gasteiger partial charge in [0.05, 0.1) is 6.21 Å². The van der Waals surface area contributed by atoms with Gasteiger partial charge in [-0.3, -0.25) is 4.79 Å². The Balaban J connectivity index is 1.62. The van der Waals surface area contributed by atoms with Gasteiger partial charge >= 0.3 is 0 Å². The fourth-order valence-electron chi connectivity index (χ4n) is 2.69. The van der Waals surface area contributed by atoms with E-state index in [9.17, 15) is 4.79 Å². The number of nitrogens with zero attached hydrogens (tertiary/aromatic N) is 2. The second-order valence-corrected chi connectivity index (χ2v) is 7.14. The van der Waals surface area contributed by atoms with Crippen LogP contribution in [0.3, 0.4) is 0 Å². The van der Waals surface area contributed by atoms with Crippen LogP contribution < -0.4 is 10.3 Å². The highest BCUT2D eigenvalue weighted by Gasteiger charge is 2.04. The normalized spacial score (nSPS) is 11.1. The summed E-state index contributed by atoms with van der Waals surface area (Å²) in [6.07, 6.45) is 5.64. The molecule has 146 valence electrons. The molecular formula is C24H22ClN3O. The Kier molecular flexibility index (Phi) is 6.82. The fourth-order valence-corrected chi connectivity index (χ4v) is 2.89. The van der Waals surface area contributed by atoms with Crippen molar-refractivity contribution in [2.45, 2.75) is 0 Å². The number of nitrogens with one attached hydrogen (secondary N) is 1. The highest BCUT2D eigenvalue weighted by molar-refractivity contribution is 6.30. The minimum atomic E-state index is -0.247. The van der Waals surface area contributed by atoms with Gasteiger partial charge < -0.3 is 4.90 Å². The van der Waals surface area contributed by atoms with E-state index in [2.05, 4.69) is 10.5 Å². The lowest BCUT2D eigenvalue weighted by Crippen LogP contribution is -2.17. The Bertz CT molecular complexity index is 1040. The largest absolute Gasteiger partial charge is 0.378 e. The molecule has 0 atom stereocenters. The molecule has 0 fully saturated rings. The third kappa shape index (κ3) is 6.06. The zero-order valence-corrected chi connectivity index (χ0v) is 17.1. The second kappa shape index (κ2) is 9.71. The minimum Gasteiger partial charge on any atom is -0.378 e. The number of halogens is 1. The molecule has 5 heteroatoms. The average molecular weight is 404 g/mol. The van der Waals surface area contributed by atoms with Crippen LogP contribution in [0, 0.1) is 0 Å². The van der Waals surface area contributed by atoms with Crippen molar-refractivity contribution in [3.05, 3.63) is 100 Å². The first-order valence-electron chi connectivity index (χ1n) is 9.16. The molecule has 1 amide bonds. The minimum absolute atomic E-state index is 0.247. The maximum atomic E-state index is 12.2. The van der Waals surface area contributed by atoms with Gasteiger partial charge in [0, 0.05) is 30.4 Å². The molecule has 3 aromatic rings. The van der Waals surface area contributed by atoms with Crippen molar-refractivity contribution >= 4 is 41.6 Å². The van der Waals surface area contributed by atoms with Gasteiger partial charge in [-0.25, -0.2) is 5.43 Å². The monoisotopic (exact) mass is 403 g/mol. The smallest absolute Gasteiger partial charge is 0.271 e. The number of hydrogen-bond acceptors (Lipinski definition) is 3. The molecule has 0 aliphatic heterocycles. The van der Waals surface area contributed by atoms with Gasteiger partial charge in [0.2, 0.25) is 0 Å². The van der Waals surface area contributed by atoms with E-state index in [0.29, 0.717) is 10.6 Å². The van der Waals surface area contributed by atoms with Crippen molar-refractivity contribution in [1.29, 1.82) is 0 Å². The Hall–Kier alpha value is -3.37. The molecule has 3 rings (SSSR count). The first kappa shape index (κ1) is 20.4. The number of anilines is 1. The third-order valence-electron chi connectivity index (χ3n) is 4.25. The van der Waals surface area contributed by atoms with Crippen LogP contribution in [0.1, 0.15) is 27.0 Å². The van der Waals surface area contributed by atoms with Gasteiger partial charge in [-0.1, -0.05) is 54.1 Å². The quantitative estimate of drug-likeness (QED) is 0.343. The van der Waals surface area contributed by atoms with E-state index < -0.39 is 0 Å². The molecule has 1 N–H and O–H groups in total. The Morgan fingerprint density at radius 3 is 2.17 bits per heavy atom. The van der Waals surface area contributed by atoms with Crippen molar-refractivity contribution in [1.82, 2.24) is 5.43 Å². The molecule has 0 aliphatic rings. The number of carbonyl (C=O) groups excluding carboxylic acids is 1. The summed E-state index contributed by atoms with van der Waals surface area (Å²) in [5.41, 5.74) is 7.11.